The number of amides is 1. The smallest absolute Gasteiger partial charge is 0.221 e. The number of nitrogens with zero attached hydrogens (tertiary/aromatic N) is 2. The van der Waals surface area contributed by atoms with Gasteiger partial charge in [-0.15, -0.1) is 0 Å². The summed E-state index contributed by atoms with van der Waals surface area (Å²) in [5.74, 6) is 0.477. The van der Waals surface area contributed by atoms with Crippen molar-refractivity contribution < 1.29 is 9.18 Å². The Balaban J connectivity index is 1.41. The van der Waals surface area contributed by atoms with Crippen LogP contribution < -0.4 is 5.32 Å². The number of carbonyl (C=O) groups is 1. The van der Waals surface area contributed by atoms with E-state index in [1.165, 1.54) is 17.7 Å². The van der Waals surface area contributed by atoms with E-state index in [1.54, 1.807) is 0 Å². The number of aromatic nitrogens is 3. The average Bonchev–Trinajstić information content (AvgIpc) is 3.39. The number of hydrogen-bond acceptors (Lipinski definition) is 3. The summed E-state index contributed by atoms with van der Waals surface area (Å²) >= 11 is 5.38. The summed E-state index contributed by atoms with van der Waals surface area (Å²) in [4.78, 5) is 12.7. The van der Waals surface area contributed by atoms with Crippen molar-refractivity contribution in [1.29, 1.82) is 0 Å². The summed E-state index contributed by atoms with van der Waals surface area (Å²) < 4.78 is 15.7. The number of halogens is 1. The van der Waals surface area contributed by atoms with E-state index in [2.05, 4.69) is 15.5 Å². The third-order valence-electron chi connectivity index (χ3n) is 6.27. The molecule has 4 rings (SSSR count). The molecule has 3 aromatic rings. The van der Waals surface area contributed by atoms with Crippen LogP contribution in [0.15, 0.2) is 48.5 Å². The number of rotatable bonds is 7. The van der Waals surface area contributed by atoms with Gasteiger partial charge in [0.25, 0.3) is 0 Å². The Morgan fingerprint density at radius 3 is 2.52 bits per heavy atom. The number of benzene rings is 2. The second kappa shape index (κ2) is 9.14. The largest absolute Gasteiger partial charge is 0.355 e. The molecule has 162 valence electrons. The lowest BCUT2D eigenvalue weighted by Gasteiger charge is -2.30. The molecule has 2 aromatic carbocycles. The molecular weight excluding hydrogens is 411 g/mol. The van der Waals surface area contributed by atoms with Gasteiger partial charge in [0.2, 0.25) is 5.91 Å². The van der Waals surface area contributed by atoms with Gasteiger partial charge in [-0.25, -0.2) is 4.39 Å². The van der Waals surface area contributed by atoms with Crippen molar-refractivity contribution in [3.8, 4) is 11.4 Å². The van der Waals surface area contributed by atoms with Gasteiger partial charge >= 0.3 is 0 Å². The van der Waals surface area contributed by atoms with Crippen LogP contribution in [-0.4, -0.2) is 27.2 Å². The van der Waals surface area contributed by atoms with Gasteiger partial charge in [0, 0.05) is 30.5 Å². The fourth-order valence-electron chi connectivity index (χ4n) is 4.44. The number of hydrogen-bond donors (Lipinski definition) is 2. The molecule has 7 heteroatoms. The molecule has 5 nitrogen and oxygen atoms in total. The Hall–Kier alpha value is -2.80. The van der Waals surface area contributed by atoms with E-state index < -0.39 is 0 Å². The van der Waals surface area contributed by atoms with Crippen LogP contribution in [0.3, 0.4) is 0 Å². The monoisotopic (exact) mass is 438 g/mol. The van der Waals surface area contributed by atoms with Crippen molar-refractivity contribution in [1.82, 2.24) is 20.1 Å². The number of aromatic amines is 1. The number of H-pyrrole nitrogens is 1. The lowest BCUT2D eigenvalue weighted by molar-refractivity contribution is -0.121. The second-order valence-corrected chi connectivity index (χ2v) is 8.78. The summed E-state index contributed by atoms with van der Waals surface area (Å²) in [6.45, 7) is 3.06. The van der Waals surface area contributed by atoms with E-state index in [4.69, 9.17) is 12.2 Å². The normalized spacial score (nSPS) is 15.2. The molecule has 0 radical (unpaired) electrons. The minimum Gasteiger partial charge on any atom is -0.355 e. The van der Waals surface area contributed by atoms with Gasteiger partial charge in [-0.1, -0.05) is 54.8 Å². The molecule has 0 spiro atoms. The number of carbonyl (C=O) groups excluding carboxylic acids is 1. The Bertz CT molecular complexity index is 1100. The van der Waals surface area contributed by atoms with Crippen LogP contribution >= 0.6 is 12.2 Å². The van der Waals surface area contributed by atoms with Gasteiger partial charge in [-0.3, -0.25) is 14.5 Å². The molecule has 0 saturated heterocycles. The molecule has 1 aliphatic rings. The van der Waals surface area contributed by atoms with E-state index in [9.17, 15) is 9.18 Å². The first-order chi connectivity index (χ1) is 15.0. The summed E-state index contributed by atoms with van der Waals surface area (Å²) in [6.07, 6.45) is 4.56. The van der Waals surface area contributed by atoms with E-state index in [0.29, 0.717) is 24.3 Å². The molecule has 0 unspecified atom stereocenters. The first-order valence-corrected chi connectivity index (χ1v) is 11.1. The highest BCUT2D eigenvalue weighted by Gasteiger charge is 2.35. The van der Waals surface area contributed by atoms with Crippen LogP contribution in [-0.2, 0) is 16.8 Å². The van der Waals surface area contributed by atoms with Crippen molar-refractivity contribution in [2.24, 2.45) is 0 Å². The lowest BCUT2D eigenvalue weighted by atomic mass is 9.79. The predicted molar refractivity (Wildman–Crippen MR) is 122 cm³/mol. The molecule has 31 heavy (non-hydrogen) atoms. The highest BCUT2D eigenvalue weighted by atomic mass is 32.1. The lowest BCUT2D eigenvalue weighted by Crippen LogP contribution is -2.39. The quantitative estimate of drug-likeness (QED) is 0.506. The molecule has 1 aromatic heterocycles. The maximum Gasteiger partial charge on any atom is 0.221 e. The first kappa shape index (κ1) is 21.4. The van der Waals surface area contributed by atoms with Crippen molar-refractivity contribution in [2.45, 2.75) is 51.0 Å². The standard InChI is InChI=1S/C24H27FN4OS/c1-17-4-6-18(7-5-17)22-27-28-23(31)29(22)15-12-21(30)26-16-24(13-2-3-14-24)19-8-10-20(25)11-9-19/h4-11H,2-3,12-16H2,1H3,(H,26,30)(H,28,31). The number of nitrogens with one attached hydrogen (secondary N) is 2. The van der Waals surface area contributed by atoms with E-state index in [-0.39, 0.29) is 17.1 Å². The maximum absolute atomic E-state index is 13.4. The zero-order chi connectivity index (χ0) is 21.8. The van der Waals surface area contributed by atoms with Crippen molar-refractivity contribution in [3.63, 3.8) is 0 Å². The summed E-state index contributed by atoms with van der Waals surface area (Å²) in [6, 6.07) is 14.8. The minimum atomic E-state index is -0.234. The zero-order valence-electron chi connectivity index (χ0n) is 17.7. The van der Waals surface area contributed by atoms with Gasteiger partial charge in [0.05, 0.1) is 0 Å². The van der Waals surface area contributed by atoms with Crippen LogP contribution in [0.2, 0.25) is 0 Å². The van der Waals surface area contributed by atoms with Crippen molar-refractivity contribution >= 4 is 18.1 Å². The van der Waals surface area contributed by atoms with E-state index >= 15 is 0 Å². The van der Waals surface area contributed by atoms with Gasteiger partial charge in [0.15, 0.2) is 10.6 Å². The SMILES string of the molecule is Cc1ccc(-c2n[nH]c(=S)n2CCC(=O)NCC2(c3ccc(F)cc3)CCCC2)cc1. The third kappa shape index (κ3) is 4.77. The Morgan fingerprint density at radius 1 is 1.16 bits per heavy atom. The first-order valence-electron chi connectivity index (χ1n) is 10.7. The fourth-order valence-corrected chi connectivity index (χ4v) is 4.66. The molecule has 2 N–H and O–H groups in total. The van der Waals surface area contributed by atoms with Gasteiger partial charge in [-0.2, -0.15) is 5.10 Å². The predicted octanol–water partition coefficient (Wildman–Crippen LogP) is 5.07. The zero-order valence-corrected chi connectivity index (χ0v) is 18.5. The fraction of sp³-hybridized carbons (Fsp3) is 0.375. The van der Waals surface area contributed by atoms with Crippen LogP contribution in [0.25, 0.3) is 11.4 Å². The minimum absolute atomic E-state index is 0.0219. The van der Waals surface area contributed by atoms with Gasteiger partial charge in [0.1, 0.15) is 5.82 Å². The Labute approximate surface area is 186 Å². The molecule has 0 atom stereocenters. The van der Waals surface area contributed by atoms with Gasteiger partial charge in [-0.05, 0) is 49.7 Å². The summed E-state index contributed by atoms with van der Waals surface area (Å²) in [5.41, 5.74) is 3.12. The average molecular weight is 439 g/mol. The van der Waals surface area contributed by atoms with Crippen molar-refractivity contribution in [2.75, 3.05) is 6.54 Å². The van der Waals surface area contributed by atoms with Crippen LogP contribution in [0.1, 0.15) is 43.2 Å². The van der Waals surface area contributed by atoms with E-state index in [1.807, 2.05) is 47.9 Å². The summed E-state index contributed by atoms with van der Waals surface area (Å²) in [7, 11) is 0. The van der Waals surface area contributed by atoms with Gasteiger partial charge < -0.3 is 5.32 Å². The molecular formula is C24H27FN4OS. The highest BCUT2D eigenvalue weighted by molar-refractivity contribution is 7.71. The molecule has 0 aliphatic heterocycles. The summed E-state index contributed by atoms with van der Waals surface area (Å²) in [5, 5.41) is 10.3. The van der Waals surface area contributed by atoms with E-state index in [0.717, 1.165) is 42.6 Å². The molecule has 1 fully saturated rings. The molecule has 1 saturated carbocycles. The Kier molecular flexibility index (Phi) is 6.32. The maximum atomic E-state index is 13.4. The highest BCUT2D eigenvalue weighted by Crippen LogP contribution is 2.40. The molecule has 1 aliphatic carbocycles. The van der Waals surface area contributed by atoms with Crippen LogP contribution in [0, 0.1) is 17.5 Å². The number of aryl methyl sites for hydroxylation is 1. The van der Waals surface area contributed by atoms with Crippen molar-refractivity contribution in [3.05, 3.63) is 70.2 Å². The van der Waals surface area contributed by atoms with Crippen LogP contribution in [0.4, 0.5) is 4.39 Å². The van der Waals surface area contributed by atoms with Crippen LogP contribution in [0.5, 0.6) is 0 Å². The topological polar surface area (TPSA) is 62.7 Å². The molecule has 1 amide bonds. The molecule has 1 heterocycles. The molecule has 0 bridgehead atoms. The second-order valence-electron chi connectivity index (χ2n) is 8.39. The Morgan fingerprint density at radius 2 is 1.84 bits per heavy atom. The third-order valence-corrected chi connectivity index (χ3v) is 6.58.